The molecular formula is C13H25N5. The Morgan fingerprint density at radius 3 is 2.78 bits per heavy atom. The van der Waals surface area contributed by atoms with E-state index in [-0.39, 0.29) is 0 Å². The maximum Gasteiger partial charge on any atom is 0.122 e. The molecule has 1 aromatic heterocycles. The topological polar surface area (TPSA) is 50.3 Å². The molecule has 1 aliphatic rings. The lowest BCUT2D eigenvalue weighted by Crippen LogP contribution is -2.42. The van der Waals surface area contributed by atoms with Crippen LogP contribution in [0.4, 0.5) is 0 Å². The molecular weight excluding hydrogens is 226 g/mol. The molecule has 0 bridgehead atoms. The van der Waals surface area contributed by atoms with Crippen molar-refractivity contribution >= 4 is 0 Å². The van der Waals surface area contributed by atoms with Crippen molar-refractivity contribution in [2.75, 3.05) is 33.2 Å². The maximum atomic E-state index is 5.91. The van der Waals surface area contributed by atoms with Crippen LogP contribution in [0.2, 0.25) is 0 Å². The molecule has 1 fully saturated rings. The van der Waals surface area contributed by atoms with Gasteiger partial charge in [-0.15, -0.1) is 0 Å². The van der Waals surface area contributed by atoms with Crippen LogP contribution in [0, 0.1) is 0 Å². The minimum absolute atomic E-state index is 0.423. The van der Waals surface area contributed by atoms with Gasteiger partial charge in [0.1, 0.15) is 5.82 Å². The lowest BCUT2D eigenvalue weighted by Gasteiger charge is -2.31. The van der Waals surface area contributed by atoms with Crippen LogP contribution in [0.25, 0.3) is 0 Å². The summed E-state index contributed by atoms with van der Waals surface area (Å²) in [7, 11) is 4.20. The largest absolute Gasteiger partial charge is 0.337 e. The first kappa shape index (κ1) is 13.5. The average molecular weight is 251 g/mol. The first-order valence-corrected chi connectivity index (χ1v) is 6.78. The fraction of sp³-hybridized carbons (Fsp3) is 0.769. The summed E-state index contributed by atoms with van der Waals surface area (Å²) in [5, 5.41) is 0. The minimum atomic E-state index is 0.423. The average Bonchev–Trinajstić information content (AvgIpc) is 2.74. The van der Waals surface area contributed by atoms with Gasteiger partial charge in [0.25, 0.3) is 0 Å². The van der Waals surface area contributed by atoms with E-state index in [1.807, 2.05) is 19.4 Å². The monoisotopic (exact) mass is 251 g/mol. The first-order valence-electron chi connectivity index (χ1n) is 6.78. The molecule has 5 heteroatoms. The third-order valence-corrected chi connectivity index (χ3v) is 3.76. The van der Waals surface area contributed by atoms with Crippen LogP contribution in [-0.4, -0.2) is 58.6 Å². The van der Waals surface area contributed by atoms with Crippen LogP contribution < -0.4 is 5.73 Å². The van der Waals surface area contributed by atoms with Gasteiger partial charge < -0.3 is 15.2 Å². The molecule has 2 heterocycles. The fourth-order valence-corrected chi connectivity index (χ4v) is 2.36. The molecule has 0 amide bonds. The second-order valence-corrected chi connectivity index (χ2v) is 5.37. The zero-order valence-electron chi connectivity index (χ0n) is 11.5. The van der Waals surface area contributed by atoms with Crippen LogP contribution in [0.5, 0.6) is 0 Å². The molecule has 0 atom stereocenters. The van der Waals surface area contributed by atoms with Crippen molar-refractivity contribution in [3.63, 3.8) is 0 Å². The Balaban J connectivity index is 1.69. The van der Waals surface area contributed by atoms with E-state index in [0.717, 1.165) is 51.4 Å². The lowest BCUT2D eigenvalue weighted by molar-refractivity contribution is 0.182. The van der Waals surface area contributed by atoms with Gasteiger partial charge in [-0.2, -0.15) is 0 Å². The molecule has 102 valence electrons. The number of likely N-dealkylation sites (N-methyl/N-ethyl adjacent to an activating group) is 1. The molecule has 1 saturated heterocycles. The summed E-state index contributed by atoms with van der Waals surface area (Å²) in [5.41, 5.74) is 5.91. The van der Waals surface area contributed by atoms with Crippen molar-refractivity contribution in [3.8, 4) is 0 Å². The number of hydrogen-bond acceptors (Lipinski definition) is 4. The summed E-state index contributed by atoms with van der Waals surface area (Å²) >= 11 is 0. The third kappa shape index (κ3) is 3.80. The molecule has 0 saturated carbocycles. The van der Waals surface area contributed by atoms with E-state index in [1.165, 1.54) is 0 Å². The Morgan fingerprint density at radius 1 is 1.44 bits per heavy atom. The number of nitrogens with zero attached hydrogens (tertiary/aromatic N) is 4. The van der Waals surface area contributed by atoms with Gasteiger partial charge >= 0.3 is 0 Å². The standard InChI is InChI=1S/C13H25N5/c1-16(11-13-15-5-8-17(13)2)9-10-18-6-3-12(14)4-7-18/h5,8,12H,3-4,6-7,9-11,14H2,1-2H3. The van der Waals surface area contributed by atoms with E-state index < -0.39 is 0 Å². The molecule has 1 aliphatic heterocycles. The molecule has 0 radical (unpaired) electrons. The van der Waals surface area contributed by atoms with E-state index in [4.69, 9.17) is 5.73 Å². The van der Waals surface area contributed by atoms with Gasteiger partial charge in [-0.25, -0.2) is 4.98 Å². The van der Waals surface area contributed by atoms with Gasteiger partial charge in [-0.1, -0.05) is 0 Å². The fourth-order valence-electron chi connectivity index (χ4n) is 2.36. The molecule has 0 spiro atoms. The summed E-state index contributed by atoms with van der Waals surface area (Å²) in [4.78, 5) is 9.19. The zero-order chi connectivity index (χ0) is 13.0. The van der Waals surface area contributed by atoms with Crippen molar-refractivity contribution in [2.45, 2.75) is 25.4 Å². The summed E-state index contributed by atoms with van der Waals surface area (Å²) in [5.74, 6) is 1.12. The first-order chi connectivity index (χ1) is 8.65. The third-order valence-electron chi connectivity index (χ3n) is 3.76. The van der Waals surface area contributed by atoms with Gasteiger partial charge in [-0.3, -0.25) is 4.90 Å². The molecule has 2 N–H and O–H groups in total. The summed E-state index contributed by atoms with van der Waals surface area (Å²) in [6, 6.07) is 0.423. The lowest BCUT2D eigenvalue weighted by atomic mass is 10.1. The van der Waals surface area contributed by atoms with E-state index in [0.29, 0.717) is 6.04 Å². The van der Waals surface area contributed by atoms with Crippen molar-refractivity contribution in [1.82, 2.24) is 19.4 Å². The van der Waals surface area contributed by atoms with Crippen LogP contribution in [-0.2, 0) is 13.6 Å². The number of hydrogen-bond donors (Lipinski definition) is 1. The van der Waals surface area contributed by atoms with Gasteiger partial charge in [0.15, 0.2) is 0 Å². The van der Waals surface area contributed by atoms with E-state index >= 15 is 0 Å². The van der Waals surface area contributed by atoms with Crippen molar-refractivity contribution < 1.29 is 0 Å². The van der Waals surface area contributed by atoms with Crippen LogP contribution in [0.3, 0.4) is 0 Å². The Bertz CT molecular complexity index is 354. The highest BCUT2D eigenvalue weighted by Crippen LogP contribution is 2.08. The number of imidazole rings is 1. The molecule has 5 nitrogen and oxygen atoms in total. The number of likely N-dealkylation sites (tertiary alicyclic amines) is 1. The summed E-state index contributed by atoms with van der Waals surface area (Å²) in [6.07, 6.45) is 6.14. The van der Waals surface area contributed by atoms with E-state index in [2.05, 4.69) is 26.4 Å². The number of aryl methyl sites for hydroxylation is 1. The number of aromatic nitrogens is 2. The van der Waals surface area contributed by atoms with E-state index in [1.54, 1.807) is 0 Å². The van der Waals surface area contributed by atoms with E-state index in [9.17, 15) is 0 Å². The second-order valence-electron chi connectivity index (χ2n) is 5.37. The van der Waals surface area contributed by atoms with Crippen LogP contribution >= 0.6 is 0 Å². The molecule has 0 aromatic carbocycles. The number of piperidine rings is 1. The molecule has 2 rings (SSSR count). The molecule has 18 heavy (non-hydrogen) atoms. The van der Waals surface area contributed by atoms with Crippen LogP contribution in [0.1, 0.15) is 18.7 Å². The van der Waals surface area contributed by atoms with Gasteiger partial charge in [-0.05, 0) is 33.0 Å². The second kappa shape index (κ2) is 6.31. The SMILES string of the molecule is CN(CCN1CCC(N)CC1)Cc1nccn1C. The molecule has 0 unspecified atom stereocenters. The van der Waals surface area contributed by atoms with Crippen molar-refractivity contribution in [1.29, 1.82) is 0 Å². The van der Waals surface area contributed by atoms with Gasteiger partial charge in [0, 0.05) is 38.6 Å². The highest BCUT2D eigenvalue weighted by Gasteiger charge is 2.16. The quantitative estimate of drug-likeness (QED) is 0.816. The van der Waals surface area contributed by atoms with Gasteiger partial charge in [0.2, 0.25) is 0 Å². The number of rotatable bonds is 5. The molecule has 1 aromatic rings. The molecule has 0 aliphatic carbocycles. The van der Waals surface area contributed by atoms with Crippen molar-refractivity contribution in [3.05, 3.63) is 18.2 Å². The smallest absolute Gasteiger partial charge is 0.122 e. The maximum absolute atomic E-state index is 5.91. The Labute approximate surface area is 110 Å². The van der Waals surface area contributed by atoms with Crippen LogP contribution in [0.15, 0.2) is 12.4 Å². The minimum Gasteiger partial charge on any atom is -0.337 e. The Morgan fingerprint density at radius 2 is 2.17 bits per heavy atom. The Hall–Kier alpha value is -0.910. The highest BCUT2D eigenvalue weighted by atomic mass is 15.2. The number of nitrogens with two attached hydrogens (primary N) is 1. The predicted molar refractivity (Wildman–Crippen MR) is 73.2 cm³/mol. The summed E-state index contributed by atoms with van der Waals surface area (Å²) < 4.78 is 2.08. The highest BCUT2D eigenvalue weighted by molar-refractivity contribution is 4.90. The normalized spacial score (nSPS) is 18.7. The van der Waals surface area contributed by atoms with Gasteiger partial charge in [0.05, 0.1) is 6.54 Å². The Kier molecular flexibility index (Phi) is 4.74. The van der Waals surface area contributed by atoms with Crippen molar-refractivity contribution in [2.24, 2.45) is 12.8 Å². The zero-order valence-corrected chi connectivity index (χ0v) is 11.5. The predicted octanol–water partition coefficient (Wildman–Crippen LogP) is 0.275. The summed E-state index contributed by atoms with van der Waals surface area (Å²) in [6.45, 7) is 5.43.